The summed E-state index contributed by atoms with van der Waals surface area (Å²) in [5, 5.41) is 3.16. The molecule has 0 radical (unpaired) electrons. The van der Waals surface area contributed by atoms with Crippen molar-refractivity contribution in [2.24, 2.45) is 0 Å². The van der Waals surface area contributed by atoms with Crippen molar-refractivity contribution in [1.82, 2.24) is 9.97 Å². The molecule has 1 aromatic heterocycles. The molecule has 0 aliphatic heterocycles. The summed E-state index contributed by atoms with van der Waals surface area (Å²) in [5.41, 5.74) is 0.684. The van der Waals surface area contributed by atoms with Crippen molar-refractivity contribution in [3.8, 4) is 0 Å². The number of esters is 1. The summed E-state index contributed by atoms with van der Waals surface area (Å²) >= 11 is 0. The van der Waals surface area contributed by atoms with Gasteiger partial charge in [-0.1, -0.05) is 0 Å². The van der Waals surface area contributed by atoms with Gasteiger partial charge in [0.2, 0.25) is 5.82 Å². The Balaban J connectivity index is 2.75. The Morgan fingerprint density at radius 1 is 1.53 bits per heavy atom. The van der Waals surface area contributed by atoms with Crippen LogP contribution in [0.2, 0.25) is 0 Å². The van der Waals surface area contributed by atoms with E-state index < -0.39 is 16.8 Å². The summed E-state index contributed by atoms with van der Waals surface area (Å²) in [7, 11) is 0.483. The van der Waals surface area contributed by atoms with Crippen molar-refractivity contribution in [1.29, 1.82) is 0 Å². The first kappa shape index (κ1) is 15.6. The van der Waals surface area contributed by atoms with E-state index in [1.165, 1.54) is 7.11 Å². The van der Waals surface area contributed by atoms with Crippen LogP contribution in [0.25, 0.3) is 0 Å². The molecule has 0 bridgehead atoms. The predicted octanol–water partition coefficient (Wildman–Crippen LogP) is 1.14. The van der Waals surface area contributed by atoms with Crippen LogP contribution in [-0.4, -0.2) is 45.3 Å². The molecule has 0 aliphatic carbocycles. The summed E-state index contributed by atoms with van der Waals surface area (Å²) in [5.74, 6) is 0.676. The van der Waals surface area contributed by atoms with E-state index in [9.17, 15) is 9.00 Å². The Labute approximate surface area is 115 Å². The van der Waals surface area contributed by atoms with Crippen LogP contribution in [0.1, 0.15) is 29.7 Å². The van der Waals surface area contributed by atoms with Gasteiger partial charge in [-0.15, -0.1) is 0 Å². The number of ether oxygens (including phenoxy) is 1. The van der Waals surface area contributed by atoms with Crippen LogP contribution in [0.5, 0.6) is 0 Å². The lowest BCUT2D eigenvalue weighted by Crippen LogP contribution is -2.20. The average Bonchev–Trinajstić information content (AvgIpc) is 2.34. The Kier molecular flexibility index (Phi) is 5.88. The number of hydrogen-bond donors (Lipinski definition) is 1. The zero-order valence-corrected chi connectivity index (χ0v) is 12.4. The Hall–Kier alpha value is -1.50. The second-order valence-corrected chi connectivity index (χ2v) is 5.88. The molecule has 1 N–H and O–H groups in total. The third-order valence-electron chi connectivity index (χ3n) is 2.45. The van der Waals surface area contributed by atoms with E-state index in [1.54, 1.807) is 19.2 Å². The van der Waals surface area contributed by atoms with Crippen LogP contribution in [0.3, 0.4) is 0 Å². The molecule has 1 rings (SSSR count). The van der Waals surface area contributed by atoms with Gasteiger partial charge in [-0.3, -0.25) is 4.21 Å². The number of nitrogens with zero attached hydrogens (tertiary/aromatic N) is 2. The summed E-state index contributed by atoms with van der Waals surface area (Å²) < 4.78 is 15.6. The molecule has 2 atom stereocenters. The lowest BCUT2D eigenvalue weighted by atomic mass is 10.2. The molecular formula is C12H19N3O3S. The van der Waals surface area contributed by atoms with Gasteiger partial charge >= 0.3 is 5.97 Å². The molecule has 7 heteroatoms. The number of hydrogen-bond acceptors (Lipinski definition) is 6. The minimum Gasteiger partial charge on any atom is -0.463 e. The molecule has 0 fully saturated rings. The smallest absolute Gasteiger partial charge is 0.376 e. The second kappa shape index (κ2) is 7.18. The van der Waals surface area contributed by atoms with Crippen molar-refractivity contribution in [2.75, 3.05) is 24.4 Å². The highest BCUT2D eigenvalue weighted by molar-refractivity contribution is 7.84. The van der Waals surface area contributed by atoms with Crippen molar-refractivity contribution in [3.05, 3.63) is 17.6 Å². The number of aromatic nitrogens is 2. The Morgan fingerprint density at radius 3 is 2.79 bits per heavy atom. The number of rotatable bonds is 6. The van der Waals surface area contributed by atoms with E-state index in [2.05, 4.69) is 20.0 Å². The first-order valence-electron chi connectivity index (χ1n) is 5.93. The van der Waals surface area contributed by atoms with Crippen LogP contribution < -0.4 is 5.32 Å². The number of methoxy groups -OCH3 is 1. The Morgan fingerprint density at radius 2 is 2.21 bits per heavy atom. The number of carbonyl (C=O) groups is 1. The average molecular weight is 285 g/mol. The van der Waals surface area contributed by atoms with Crippen LogP contribution in [0.15, 0.2) is 6.07 Å². The highest BCUT2D eigenvalue weighted by atomic mass is 32.2. The molecule has 0 saturated heterocycles. The highest BCUT2D eigenvalue weighted by Gasteiger charge is 2.12. The van der Waals surface area contributed by atoms with Crippen molar-refractivity contribution >= 4 is 22.6 Å². The van der Waals surface area contributed by atoms with Crippen LogP contribution in [0, 0.1) is 6.92 Å². The van der Waals surface area contributed by atoms with E-state index in [4.69, 9.17) is 0 Å². The predicted molar refractivity (Wildman–Crippen MR) is 74.7 cm³/mol. The zero-order chi connectivity index (χ0) is 14.4. The number of anilines is 1. The van der Waals surface area contributed by atoms with Gasteiger partial charge in [0, 0.05) is 40.6 Å². The largest absolute Gasteiger partial charge is 0.463 e. The number of carbonyl (C=O) groups excluding carboxylic acids is 1. The second-order valence-electron chi connectivity index (χ2n) is 4.32. The van der Waals surface area contributed by atoms with Gasteiger partial charge in [-0.25, -0.2) is 14.8 Å². The van der Waals surface area contributed by atoms with Gasteiger partial charge < -0.3 is 10.1 Å². The molecule has 19 heavy (non-hydrogen) atoms. The normalized spacial score (nSPS) is 13.7. The van der Waals surface area contributed by atoms with Crippen molar-refractivity contribution < 1.29 is 13.7 Å². The van der Waals surface area contributed by atoms with Crippen LogP contribution >= 0.6 is 0 Å². The van der Waals surface area contributed by atoms with Crippen molar-refractivity contribution in [2.45, 2.75) is 26.3 Å². The van der Waals surface area contributed by atoms with E-state index in [0.29, 0.717) is 17.3 Å². The minimum absolute atomic E-state index is 0.0382. The maximum absolute atomic E-state index is 11.4. The monoisotopic (exact) mass is 285 g/mol. The molecular weight excluding hydrogens is 266 g/mol. The number of aryl methyl sites for hydroxylation is 1. The van der Waals surface area contributed by atoms with E-state index >= 15 is 0 Å². The van der Waals surface area contributed by atoms with E-state index in [-0.39, 0.29) is 11.9 Å². The van der Waals surface area contributed by atoms with Gasteiger partial charge in [0.25, 0.3) is 0 Å². The summed E-state index contributed by atoms with van der Waals surface area (Å²) in [6.07, 6.45) is 2.44. The Bertz CT molecular complexity index is 479. The van der Waals surface area contributed by atoms with Gasteiger partial charge in [0.1, 0.15) is 5.82 Å². The van der Waals surface area contributed by atoms with E-state index in [0.717, 1.165) is 6.42 Å². The van der Waals surface area contributed by atoms with Gasteiger partial charge in [0.05, 0.1) is 7.11 Å². The highest BCUT2D eigenvalue weighted by Crippen LogP contribution is 2.10. The number of nitrogens with one attached hydrogen (secondary N) is 1. The molecule has 2 unspecified atom stereocenters. The molecule has 106 valence electrons. The molecule has 6 nitrogen and oxygen atoms in total. The van der Waals surface area contributed by atoms with E-state index in [1.807, 2.05) is 6.92 Å². The summed E-state index contributed by atoms with van der Waals surface area (Å²) in [4.78, 5) is 19.5. The maximum atomic E-state index is 11.4. The maximum Gasteiger partial charge on any atom is 0.376 e. The van der Waals surface area contributed by atoms with Crippen LogP contribution in [-0.2, 0) is 15.5 Å². The molecule has 1 heterocycles. The lowest BCUT2D eigenvalue weighted by Gasteiger charge is -2.14. The lowest BCUT2D eigenvalue weighted by molar-refractivity contribution is 0.0586. The fourth-order valence-corrected chi connectivity index (χ4v) is 2.18. The van der Waals surface area contributed by atoms with Crippen LogP contribution in [0.4, 0.5) is 5.82 Å². The molecule has 0 aromatic carbocycles. The molecule has 0 aliphatic rings. The fraction of sp³-hybridized carbons (Fsp3) is 0.583. The topological polar surface area (TPSA) is 81.2 Å². The summed E-state index contributed by atoms with van der Waals surface area (Å²) in [6.45, 7) is 3.76. The minimum atomic E-state index is -0.809. The zero-order valence-electron chi connectivity index (χ0n) is 11.6. The van der Waals surface area contributed by atoms with Crippen molar-refractivity contribution in [3.63, 3.8) is 0 Å². The third-order valence-corrected chi connectivity index (χ3v) is 3.27. The fourth-order valence-electron chi connectivity index (χ4n) is 1.49. The molecule has 1 aromatic rings. The first-order valence-corrected chi connectivity index (χ1v) is 7.65. The third kappa shape index (κ3) is 5.34. The summed E-state index contributed by atoms with van der Waals surface area (Å²) in [6, 6.07) is 1.87. The SMILES string of the molecule is COC(=O)c1nc(C)cc(NC(C)CCS(C)=O)n1. The standard InChI is InChI=1S/C12H19N3O3S/c1-8(5-6-19(4)17)13-10-7-9(2)14-11(15-10)12(16)18-3/h7-8H,5-6H2,1-4H3,(H,13,14,15). The quantitative estimate of drug-likeness (QED) is 0.789. The molecule has 0 saturated carbocycles. The molecule has 0 amide bonds. The van der Waals surface area contributed by atoms with Gasteiger partial charge in [-0.05, 0) is 20.3 Å². The van der Waals surface area contributed by atoms with Gasteiger partial charge in [-0.2, -0.15) is 0 Å². The molecule has 0 spiro atoms. The first-order chi connectivity index (χ1) is 8.92. The van der Waals surface area contributed by atoms with Gasteiger partial charge in [0.15, 0.2) is 0 Å².